The van der Waals surface area contributed by atoms with Crippen LogP contribution >= 0.6 is 0 Å². The Hall–Kier alpha value is -1.85. The summed E-state index contributed by atoms with van der Waals surface area (Å²) in [6.07, 6.45) is 2.27. The molecule has 1 heterocycles. The molecular weight excluding hydrogens is 282 g/mol. The molecule has 22 heavy (non-hydrogen) atoms. The highest BCUT2D eigenvalue weighted by Gasteiger charge is 2.24. The summed E-state index contributed by atoms with van der Waals surface area (Å²) >= 11 is 0. The molecule has 1 aromatic rings. The van der Waals surface area contributed by atoms with Crippen molar-refractivity contribution in [3.05, 3.63) is 17.5 Å². The highest BCUT2D eigenvalue weighted by Crippen LogP contribution is 2.18. The third-order valence-corrected chi connectivity index (χ3v) is 3.75. The normalized spacial score (nSPS) is 12.7. The zero-order valence-corrected chi connectivity index (χ0v) is 14.1. The van der Waals surface area contributed by atoms with Crippen LogP contribution in [0.25, 0.3) is 0 Å². The molecule has 1 amide bonds. The first-order valence-corrected chi connectivity index (χ1v) is 7.89. The van der Waals surface area contributed by atoms with Gasteiger partial charge in [-0.25, -0.2) is 4.79 Å². The first-order valence-electron chi connectivity index (χ1n) is 7.89. The zero-order valence-electron chi connectivity index (χ0n) is 14.1. The van der Waals surface area contributed by atoms with Gasteiger partial charge in [-0.05, 0) is 38.2 Å². The van der Waals surface area contributed by atoms with E-state index in [2.05, 4.69) is 24.3 Å². The number of amides is 1. The Morgan fingerprint density at radius 1 is 1.32 bits per heavy atom. The van der Waals surface area contributed by atoms with E-state index in [-0.39, 0.29) is 17.7 Å². The van der Waals surface area contributed by atoms with Crippen LogP contribution in [0.15, 0.2) is 6.07 Å². The zero-order chi connectivity index (χ0) is 16.9. The lowest BCUT2D eigenvalue weighted by Crippen LogP contribution is -2.41. The third-order valence-electron chi connectivity index (χ3n) is 3.75. The number of nitrogens with one attached hydrogen (secondary N) is 1. The van der Waals surface area contributed by atoms with Crippen LogP contribution in [0.3, 0.4) is 0 Å². The molecule has 0 aliphatic heterocycles. The maximum absolute atomic E-state index is 12.3. The molecule has 0 unspecified atom stereocenters. The molecule has 0 radical (unpaired) electrons. The first kappa shape index (κ1) is 18.2. The summed E-state index contributed by atoms with van der Waals surface area (Å²) in [6.45, 7) is 9.92. The van der Waals surface area contributed by atoms with Gasteiger partial charge in [0.25, 0.3) is 5.91 Å². The maximum Gasteiger partial charge on any atom is 0.326 e. The lowest BCUT2D eigenvalue weighted by atomic mass is 10.0. The van der Waals surface area contributed by atoms with Gasteiger partial charge in [0.05, 0.1) is 6.04 Å². The van der Waals surface area contributed by atoms with Crippen molar-refractivity contribution in [2.75, 3.05) is 0 Å². The van der Waals surface area contributed by atoms with E-state index in [1.807, 2.05) is 25.5 Å². The molecule has 6 heteroatoms. The van der Waals surface area contributed by atoms with Crippen LogP contribution < -0.4 is 5.32 Å². The van der Waals surface area contributed by atoms with Crippen molar-refractivity contribution in [1.29, 1.82) is 0 Å². The predicted molar refractivity (Wildman–Crippen MR) is 84.9 cm³/mol. The van der Waals surface area contributed by atoms with E-state index in [0.717, 1.165) is 18.5 Å². The van der Waals surface area contributed by atoms with Crippen molar-refractivity contribution in [3.63, 3.8) is 0 Å². The Morgan fingerprint density at radius 3 is 2.36 bits per heavy atom. The van der Waals surface area contributed by atoms with Crippen molar-refractivity contribution in [2.45, 2.75) is 66.0 Å². The highest BCUT2D eigenvalue weighted by molar-refractivity contribution is 5.95. The number of hydrogen-bond donors (Lipinski definition) is 2. The van der Waals surface area contributed by atoms with Gasteiger partial charge in [-0.1, -0.05) is 27.7 Å². The Morgan fingerprint density at radius 2 is 1.91 bits per heavy atom. The average molecular weight is 309 g/mol. The van der Waals surface area contributed by atoms with Crippen molar-refractivity contribution in [2.24, 2.45) is 5.92 Å². The van der Waals surface area contributed by atoms with Crippen molar-refractivity contribution < 1.29 is 14.7 Å². The molecule has 0 saturated heterocycles. The SMILES string of the molecule is CCC(CC)n1nc(C(=O)N[C@@H](CC(C)C)C(=O)O)cc1C. The largest absolute Gasteiger partial charge is 0.480 e. The fraction of sp³-hybridized carbons (Fsp3) is 0.688. The molecule has 0 saturated carbocycles. The quantitative estimate of drug-likeness (QED) is 0.773. The number of rotatable bonds is 8. The average Bonchev–Trinajstić information content (AvgIpc) is 2.81. The van der Waals surface area contributed by atoms with Crippen LogP contribution in [-0.4, -0.2) is 32.8 Å². The molecule has 0 aromatic carbocycles. The summed E-state index contributed by atoms with van der Waals surface area (Å²) in [5, 5.41) is 16.1. The van der Waals surface area contributed by atoms with Gasteiger partial charge in [0.2, 0.25) is 0 Å². The van der Waals surface area contributed by atoms with E-state index >= 15 is 0 Å². The third kappa shape index (κ3) is 4.58. The summed E-state index contributed by atoms with van der Waals surface area (Å²) in [4.78, 5) is 23.5. The molecule has 1 rings (SSSR count). The standard InChI is InChI=1S/C16H27N3O3/c1-6-12(7-2)19-11(5)9-13(18-19)15(20)17-14(16(21)22)8-10(3)4/h9-10,12,14H,6-8H2,1-5H3,(H,17,20)(H,21,22)/t14-/m0/s1. The van der Waals surface area contributed by atoms with Crippen molar-refractivity contribution in [1.82, 2.24) is 15.1 Å². The summed E-state index contributed by atoms with van der Waals surface area (Å²) < 4.78 is 1.85. The highest BCUT2D eigenvalue weighted by atomic mass is 16.4. The Labute approximate surface area is 131 Å². The maximum atomic E-state index is 12.3. The molecule has 2 N–H and O–H groups in total. The minimum atomic E-state index is -1.02. The molecule has 6 nitrogen and oxygen atoms in total. The molecule has 0 aliphatic rings. The van der Waals surface area contributed by atoms with Gasteiger partial charge in [0.1, 0.15) is 11.7 Å². The number of carbonyl (C=O) groups is 2. The molecule has 1 atom stereocenters. The minimum Gasteiger partial charge on any atom is -0.480 e. The number of carboxylic acids is 1. The summed E-state index contributed by atoms with van der Waals surface area (Å²) in [6, 6.07) is 1.08. The van der Waals surface area contributed by atoms with Gasteiger partial charge in [-0.2, -0.15) is 5.10 Å². The first-order chi connectivity index (χ1) is 10.3. The summed E-state index contributed by atoms with van der Waals surface area (Å²) in [5.41, 5.74) is 1.19. The fourth-order valence-electron chi connectivity index (χ4n) is 2.53. The number of carboxylic acid groups (broad SMARTS) is 1. The van der Waals surface area contributed by atoms with Gasteiger partial charge in [0, 0.05) is 5.69 Å². The van der Waals surface area contributed by atoms with Gasteiger partial charge in [-0.15, -0.1) is 0 Å². The van der Waals surface area contributed by atoms with E-state index in [1.54, 1.807) is 6.07 Å². The van der Waals surface area contributed by atoms with E-state index in [0.29, 0.717) is 6.42 Å². The molecular formula is C16H27N3O3. The molecule has 0 aliphatic carbocycles. The lowest BCUT2D eigenvalue weighted by Gasteiger charge is -2.16. The number of nitrogens with zero attached hydrogens (tertiary/aromatic N) is 2. The van der Waals surface area contributed by atoms with E-state index < -0.39 is 17.9 Å². The predicted octanol–water partition coefficient (Wildman–Crippen LogP) is 2.78. The van der Waals surface area contributed by atoms with Gasteiger partial charge in [-0.3, -0.25) is 9.48 Å². The van der Waals surface area contributed by atoms with Gasteiger partial charge >= 0.3 is 5.97 Å². The molecule has 124 valence electrons. The number of carbonyl (C=O) groups excluding carboxylic acids is 1. The second-order valence-electron chi connectivity index (χ2n) is 6.08. The lowest BCUT2D eigenvalue weighted by molar-refractivity contribution is -0.139. The smallest absolute Gasteiger partial charge is 0.326 e. The Bertz CT molecular complexity index is 519. The van der Waals surface area contributed by atoms with E-state index in [1.165, 1.54) is 0 Å². The Balaban J connectivity index is 2.89. The molecule has 0 bridgehead atoms. The van der Waals surface area contributed by atoms with Crippen LogP contribution in [0.4, 0.5) is 0 Å². The number of hydrogen-bond acceptors (Lipinski definition) is 3. The monoisotopic (exact) mass is 309 g/mol. The van der Waals surface area contributed by atoms with Crippen LogP contribution in [0.5, 0.6) is 0 Å². The van der Waals surface area contributed by atoms with E-state index in [4.69, 9.17) is 0 Å². The molecule has 0 fully saturated rings. The fourth-order valence-corrected chi connectivity index (χ4v) is 2.53. The second kappa shape index (κ2) is 7.96. The Kier molecular flexibility index (Phi) is 6.59. The van der Waals surface area contributed by atoms with E-state index in [9.17, 15) is 14.7 Å². The minimum absolute atomic E-state index is 0.185. The van der Waals surface area contributed by atoms with Crippen molar-refractivity contribution in [3.8, 4) is 0 Å². The number of aryl methyl sites for hydroxylation is 1. The summed E-state index contributed by atoms with van der Waals surface area (Å²) in [5.74, 6) is -1.26. The molecule has 1 aromatic heterocycles. The van der Waals surface area contributed by atoms with Crippen LogP contribution in [0.1, 0.15) is 69.2 Å². The topological polar surface area (TPSA) is 84.2 Å². The van der Waals surface area contributed by atoms with Gasteiger partial charge < -0.3 is 10.4 Å². The summed E-state index contributed by atoms with van der Waals surface area (Å²) in [7, 11) is 0. The number of aliphatic carboxylic acids is 1. The van der Waals surface area contributed by atoms with Gasteiger partial charge in [0.15, 0.2) is 0 Å². The van der Waals surface area contributed by atoms with Crippen LogP contribution in [0, 0.1) is 12.8 Å². The van der Waals surface area contributed by atoms with Crippen LogP contribution in [0.2, 0.25) is 0 Å². The van der Waals surface area contributed by atoms with Crippen LogP contribution in [-0.2, 0) is 4.79 Å². The second-order valence-corrected chi connectivity index (χ2v) is 6.08. The number of aromatic nitrogens is 2. The van der Waals surface area contributed by atoms with Crippen molar-refractivity contribution >= 4 is 11.9 Å². The molecule has 0 spiro atoms.